The maximum absolute atomic E-state index is 13.3. The lowest BCUT2D eigenvalue weighted by atomic mass is 10.2. The molecule has 6 nitrogen and oxygen atoms in total. The van der Waals surface area contributed by atoms with Gasteiger partial charge in [-0.2, -0.15) is 0 Å². The van der Waals surface area contributed by atoms with Gasteiger partial charge in [-0.25, -0.2) is 4.98 Å². The third-order valence-corrected chi connectivity index (χ3v) is 5.91. The summed E-state index contributed by atoms with van der Waals surface area (Å²) in [5.41, 5.74) is 1.64. The van der Waals surface area contributed by atoms with Crippen LogP contribution in [0.5, 0.6) is 0 Å². The highest BCUT2D eigenvalue weighted by atomic mass is 32.1. The third kappa shape index (κ3) is 3.86. The van der Waals surface area contributed by atoms with Crippen molar-refractivity contribution in [1.82, 2.24) is 14.5 Å². The largest absolute Gasteiger partial charge is 0.311 e. The van der Waals surface area contributed by atoms with E-state index in [0.29, 0.717) is 24.3 Å². The molecule has 0 atom stereocenters. The quantitative estimate of drug-likeness (QED) is 0.640. The van der Waals surface area contributed by atoms with Gasteiger partial charge in [0.05, 0.1) is 11.9 Å². The van der Waals surface area contributed by atoms with Crippen molar-refractivity contribution >= 4 is 33.1 Å². The van der Waals surface area contributed by atoms with Crippen LogP contribution in [0.3, 0.4) is 0 Å². The number of anilines is 1. The summed E-state index contributed by atoms with van der Waals surface area (Å²) < 4.78 is 1.54. The Hall–Kier alpha value is -2.51. The number of fused-ring (bicyclic) bond motifs is 1. The Kier molecular flexibility index (Phi) is 5.96. The van der Waals surface area contributed by atoms with Crippen molar-refractivity contribution in [2.24, 2.45) is 0 Å². The molecule has 0 unspecified atom stereocenters. The second-order valence-electron chi connectivity index (χ2n) is 7.09. The predicted octanol–water partition coefficient (Wildman–Crippen LogP) is 3.19. The van der Waals surface area contributed by atoms with E-state index in [1.165, 1.54) is 15.9 Å². The molecule has 3 rings (SSSR count). The molecule has 0 aliphatic rings. The Morgan fingerprint density at radius 2 is 1.86 bits per heavy atom. The summed E-state index contributed by atoms with van der Waals surface area (Å²) in [6, 6.07) is 9.53. The monoisotopic (exact) mass is 398 g/mol. The molecule has 2 aromatic heterocycles. The highest BCUT2D eigenvalue weighted by molar-refractivity contribution is 7.18. The fraction of sp³-hybridized carbons (Fsp3) is 0.381. The summed E-state index contributed by atoms with van der Waals surface area (Å²) in [5, 5.41) is 0.626. The minimum absolute atomic E-state index is 0.0258. The van der Waals surface area contributed by atoms with Gasteiger partial charge in [0.15, 0.2) is 0 Å². The van der Waals surface area contributed by atoms with Crippen LogP contribution in [0.25, 0.3) is 10.2 Å². The van der Waals surface area contributed by atoms with Crippen LogP contribution >= 0.6 is 11.3 Å². The van der Waals surface area contributed by atoms with Crippen molar-refractivity contribution in [3.63, 3.8) is 0 Å². The van der Waals surface area contributed by atoms with E-state index in [1.54, 1.807) is 4.90 Å². The lowest BCUT2D eigenvalue weighted by molar-refractivity contribution is -0.119. The molecule has 28 heavy (non-hydrogen) atoms. The molecule has 0 aliphatic heterocycles. The minimum atomic E-state index is -0.138. The molecule has 7 heteroatoms. The molecule has 1 aromatic carbocycles. The number of rotatable bonds is 6. The zero-order chi connectivity index (χ0) is 20.4. The number of nitrogens with zero attached hydrogens (tertiary/aromatic N) is 4. The van der Waals surface area contributed by atoms with E-state index in [-0.39, 0.29) is 18.0 Å². The number of aromatic nitrogens is 2. The number of carbonyl (C=O) groups excluding carboxylic acids is 1. The molecule has 0 fully saturated rings. The standard InChI is InChI=1S/C21H26N4O2S/c1-6-24(16-10-8-7-9-11-16)18(26)13-25-17(12-23(4)5)22-20-19(21(25)27)14(2)15(3)28-20/h7-11H,6,12-13H2,1-5H3. The highest BCUT2D eigenvalue weighted by Crippen LogP contribution is 2.26. The molecular formula is C21H26N4O2S. The molecule has 2 heterocycles. The number of thiophene rings is 1. The van der Waals surface area contributed by atoms with Gasteiger partial charge >= 0.3 is 0 Å². The van der Waals surface area contributed by atoms with Crippen molar-refractivity contribution in [2.45, 2.75) is 33.9 Å². The SMILES string of the molecule is CCN(C(=O)Cn1c(CN(C)C)nc2sc(C)c(C)c2c1=O)c1ccccc1. The van der Waals surface area contributed by atoms with Crippen LogP contribution in [-0.4, -0.2) is 41.0 Å². The smallest absolute Gasteiger partial charge is 0.263 e. The van der Waals surface area contributed by atoms with Gasteiger partial charge in [0.2, 0.25) is 5.91 Å². The van der Waals surface area contributed by atoms with Gasteiger partial charge in [0.1, 0.15) is 17.2 Å². The van der Waals surface area contributed by atoms with Crippen molar-refractivity contribution in [3.05, 3.63) is 57.0 Å². The maximum Gasteiger partial charge on any atom is 0.263 e. The normalized spacial score (nSPS) is 11.4. The molecule has 3 aromatic rings. The van der Waals surface area contributed by atoms with Gasteiger partial charge in [0, 0.05) is 17.1 Å². The Morgan fingerprint density at radius 3 is 2.46 bits per heavy atom. The summed E-state index contributed by atoms with van der Waals surface area (Å²) in [5.74, 6) is 0.489. The summed E-state index contributed by atoms with van der Waals surface area (Å²) >= 11 is 1.53. The summed E-state index contributed by atoms with van der Waals surface area (Å²) in [4.78, 5) is 36.6. The number of benzene rings is 1. The Labute approximate surface area is 169 Å². The van der Waals surface area contributed by atoms with Crippen LogP contribution in [0.2, 0.25) is 0 Å². The number of hydrogen-bond donors (Lipinski definition) is 0. The van der Waals surface area contributed by atoms with Crippen molar-refractivity contribution in [3.8, 4) is 0 Å². The third-order valence-electron chi connectivity index (χ3n) is 4.80. The summed E-state index contributed by atoms with van der Waals surface area (Å²) in [7, 11) is 3.85. The maximum atomic E-state index is 13.3. The second-order valence-corrected chi connectivity index (χ2v) is 8.30. The van der Waals surface area contributed by atoms with E-state index in [4.69, 9.17) is 4.98 Å². The first kappa shape index (κ1) is 20.2. The Balaban J connectivity index is 2.07. The van der Waals surface area contributed by atoms with Gasteiger partial charge in [-0.3, -0.25) is 14.2 Å². The first-order valence-corrected chi connectivity index (χ1v) is 10.1. The van der Waals surface area contributed by atoms with Crippen molar-refractivity contribution in [2.75, 3.05) is 25.5 Å². The molecule has 0 aliphatic carbocycles. The molecule has 1 amide bonds. The number of aryl methyl sites for hydroxylation is 2. The molecule has 0 N–H and O–H groups in total. The average Bonchev–Trinajstić information content (AvgIpc) is 2.93. The van der Waals surface area contributed by atoms with Crippen LogP contribution in [0.4, 0.5) is 5.69 Å². The fourth-order valence-corrected chi connectivity index (χ4v) is 4.31. The number of amides is 1. The second kappa shape index (κ2) is 8.24. The average molecular weight is 399 g/mol. The van der Waals surface area contributed by atoms with Gasteiger partial charge < -0.3 is 9.80 Å². The molecule has 0 spiro atoms. The predicted molar refractivity (Wildman–Crippen MR) is 115 cm³/mol. The molecule has 0 bridgehead atoms. The van der Waals surface area contributed by atoms with Crippen LogP contribution in [0.15, 0.2) is 35.1 Å². The van der Waals surface area contributed by atoms with E-state index in [2.05, 4.69) is 0 Å². The number of para-hydroxylation sites is 1. The lowest BCUT2D eigenvalue weighted by Crippen LogP contribution is -2.38. The highest BCUT2D eigenvalue weighted by Gasteiger charge is 2.21. The van der Waals surface area contributed by atoms with Gasteiger partial charge in [-0.15, -0.1) is 11.3 Å². The van der Waals surface area contributed by atoms with Crippen molar-refractivity contribution in [1.29, 1.82) is 0 Å². The first-order chi connectivity index (χ1) is 13.3. The topological polar surface area (TPSA) is 58.4 Å². The van der Waals surface area contributed by atoms with Gasteiger partial charge in [-0.05, 0) is 52.6 Å². The minimum Gasteiger partial charge on any atom is -0.311 e. The van der Waals surface area contributed by atoms with E-state index in [9.17, 15) is 9.59 Å². The molecule has 148 valence electrons. The van der Waals surface area contributed by atoms with Crippen LogP contribution in [0, 0.1) is 13.8 Å². The van der Waals surface area contributed by atoms with Crippen LogP contribution in [-0.2, 0) is 17.9 Å². The zero-order valence-corrected chi connectivity index (χ0v) is 17.8. The van der Waals surface area contributed by atoms with Crippen LogP contribution in [0.1, 0.15) is 23.2 Å². The van der Waals surface area contributed by atoms with E-state index in [1.807, 2.05) is 70.1 Å². The first-order valence-electron chi connectivity index (χ1n) is 9.33. The van der Waals surface area contributed by atoms with Gasteiger partial charge in [-0.1, -0.05) is 18.2 Å². The summed E-state index contributed by atoms with van der Waals surface area (Å²) in [6.07, 6.45) is 0. The fourth-order valence-electron chi connectivity index (χ4n) is 3.27. The Morgan fingerprint density at radius 1 is 1.18 bits per heavy atom. The van der Waals surface area contributed by atoms with Gasteiger partial charge in [0.25, 0.3) is 5.56 Å². The van der Waals surface area contributed by atoms with E-state index < -0.39 is 0 Å². The van der Waals surface area contributed by atoms with E-state index in [0.717, 1.165) is 21.0 Å². The molecule has 0 radical (unpaired) electrons. The number of hydrogen-bond acceptors (Lipinski definition) is 5. The lowest BCUT2D eigenvalue weighted by Gasteiger charge is -2.23. The Bertz CT molecular complexity index is 1050. The molecule has 0 saturated heterocycles. The number of carbonyl (C=O) groups is 1. The van der Waals surface area contributed by atoms with E-state index >= 15 is 0 Å². The van der Waals surface area contributed by atoms with Crippen molar-refractivity contribution < 1.29 is 4.79 Å². The zero-order valence-electron chi connectivity index (χ0n) is 17.0. The number of likely N-dealkylation sites (N-methyl/N-ethyl adjacent to an activating group) is 1. The van der Waals surface area contributed by atoms with Crippen LogP contribution < -0.4 is 10.5 Å². The summed E-state index contributed by atoms with van der Waals surface area (Å²) in [6.45, 7) is 6.87. The molecular weight excluding hydrogens is 372 g/mol. The molecule has 0 saturated carbocycles.